The summed E-state index contributed by atoms with van der Waals surface area (Å²) in [5.74, 6) is 1.56. The highest BCUT2D eigenvalue weighted by atomic mass is 32.2. The van der Waals surface area contributed by atoms with E-state index in [9.17, 15) is 4.79 Å². The number of methoxy groups -OCH3 is 1. The SMILES string of the molecule is COc1ccccc1CNC(=O)CSc1n[nH]c(-c2ccncc2)n1. The number of rotatable bonds is 7. The molecule has 128 valence electrons. The van der Waals surface area contributed by atoms with Crippen LogP contribution in [0.15, 0.2) is 53.9 Å². The van der Waals surface area contributed by atoms with Gasteiger partial charge in [0.15, 0.2) is 5.82 Å². The Bertz CT molecular complexity index is 838. The number of hydrogen-bond donors (Lipinski definition) is 2. The maximum atomic E-state index is 12.0. The zero-order valence-electron chi connectivity index (χ0n) is 13.6. The molecule has 0 unspecified atom stereocenters. The Morgan fingerprint density at radius 2 is 2.04 bits per heavy atom. The highest BCUT2D eigenvalue weighted by molar-refractivity contribution is 7.99. The van der Waals surface area contributed by atoms with Crippen molar-refractivity contribution >= 4 is 17.7 Å². The molecule has 0 aliphatic rings. The van der Waals surface area contributed by atoms with E-state index in [1.165, 1.54) is 11.8 Å². The second-order valence-corrected chi connectivity index (χ2v) is 6.02. The highest BCUT2D eigenvalue weighted by Crippen LogP contribution is 2.19. The Morgan fingerprint density at radius 3 is 2.84 bits per heavy atom. The number of thioether (sulfide) groups is 1. The maximum absolute atomic E-state index is 12.0. The Hall–Kier alpha value is -2.87. The second-order valence-electron chi connectivity index (χ2n) is 5.08. The Kier molecular flexibility index (Phi) is 5.63. The van der Waals surface area contributed by atoms with Gasteiger partial charge in [0.2, 0.25) is 11.1 Å². The van der Waals surface area contributed by atoms with Crippen LogP contribution in [0.4, 0.5) is 0 Å². The minimum atomic E-state index is -0.0915. The molecule has 3 aromatic rings. The quantitative estimate of drug-likeness (QED) is 0.632. The molecular weight excluding hydrogens is 338 g/mol. The minimum absolute atomic E-state index is 0.0915. The van der Waals surface area contributed by atoms with Crippen LogP contribution in [0.2, 0.25) is 0 Å². The molecule has 0 bridgehead atoms. The van der Waals surface area contributed by atoms with Crippen molar-refractivity contribution in [2.24, 2.45) is 0 Å². The summed E-state index contributed by atoms with van der Waals surface area (Å²) in [5.41, 5.74) is 1.83. The molecule has 2 heterocycles. The number of ether oxygens (including phenoxy) is 1. The van der Waals surface area contributed by atoms with E-state index in [1.54, 1.807) is 19.5 Å². The molecule has 1 aromatic carbocycles. The molecule has 8 heteroatoms. The van der Waals surface area contributed by atoms with Crippen LogP contribution in [-0.2, 0) is 11.3 Å². The number of nitrogens with one attached hydrogen (secondary N) is 2. The van der Waals surface area contributed by atoms with Crippen molar-refractivity contribution in [1.82, 2.24) is 25.5 Å². The van der Waals surface area contributed by atoms with Crippen molar-refractivity contribution in [2.45, 2.75) is 11.7 Å². The van der Waals surface area contributed by atoms with Crippen molar-refractivity contribution in [1.29, 1.82) is 0 Å². The average Bonchev–Trinajstić information content (AvgIpc) is 3.14. The van der Waals surface area contributed by atoms with Crippen LogP contribution in [0.25, 0.3) is 11.4 Å². The molecular formula is C17H17N5O2S. The van der Waals surface area contributed by atoms with E-state index in [1.807, 2.05) is 36.4 Å². The summed E-state index contributed by atoms with van der Waals surface area (Å²) in [6.45, 7) is 0.416. The standard InChI is InChI=1S/C17H17N5O2S/c1-24-14-5-3-2-4-13(14)10-19-15(23)11-25-17-20-16(21-22-17)12-6-8-18-9-7-12/h2-9H,10-11H2,1H3,(H,19,23)(H,20,21,22). The van der Waals surface area contributed by atoms with E-state index in [2.05, 4.69) is 25.5 Å². The van der Waals surface area contributed by atoms with Crippen LogP contribution < -0.4 is 10.1 Å². The topological polar surface area (TPSA) is 92.8 Å². The predicted octanol–water partition coefficient (Wildman–Crippen LogP) is 2.28. The number of nitrogens with zero attached hydrogens (tertiary/aromatic N) is 3. The van der Waals surface area contributed by atoms with E-state index < -0.39 is 0 Å². The van der Waals surface area contributed by atoms with Crippen LogP contribution in [0, 0.1) is 0 Å². The number of hydrogen-bond acceptors (Lipinski definition) is 6. The lowest BCUT2D eigenvalue weighted by atomic mass is 10.2. The fourth-order valence-electron chi connectivity index (χ4n) is 2.17. The lowest BCUT2D eigenvalue weighted by molar-refractivity contribution is -0.118. The molecule has 2 N–H and O–H groups in total. The first-order valence-corrected chi connectivity index (χ1v) is 8.59. The number of pyridine rings is 1. The molecule has 0 aliphatic heterocycles. The zero-order chi connectivity index (χ0) is 17.5. The van der Waals surface area contributed by atoms with E-state index in [0.717, 1.165) is 16.9 Å². The number of carbonyl (C=O) groups excluding carboxylic acids is 1. The average molecular weight is 355 g/mol. The smallest absolute Gasteiger partial charge is 0.230 e. The van der Waals surface area contributed by atoms with Gasteiger partial charge in [0.05, 0.1) is 12.9 Å². The number of benzene rings is 1. The molecule has 0 aliphatic carbocycles. The van der Waals surface area contributed by atoms with Gasteiger partial charge in [-0.25, -0.2) is 4.98 Å². The molecule has 1 amide bonds. The van der Waals surface area contributed by atoms with E-state index >= 15 is 0 Å². The van der Waals surface area contributed by atoms with Crippen molar-refractivity contribution in [3.63, 3.8) is 0 Å². The summed E-state index contributed by atoms with van der Waals surface area (Å²) < 4.78 is 5.27. The van der Waals surface area contributed by atoms with Gasteiger partial charge in [-0.05, 0) is 18.2 Å². The molecule has 0 saturated heterocycles. The fraction of sp³-hybridized carbons (Fsp3) is 0.176. The molecule has 7 nitrogen and oxygen atoms in total. The Morgan fingerprint density at radius 1 is 1.24 bits per heavy atom. The summed E-state index contributed by atoms with van der Waals surface area (Å²) in [7, 11) is 1.61. The first kappa shape index (κ1) is 17.0. The highest BCUT2D eigenvalue weighted by Gasteiger charge is 2.09. The van der Waals surface area contributed by atoms with E-state index in [4.69, 9.17) is 4.74 Å². The molecule has 0 spiro atoms. The predicted molar refractivity (Wildman–Crippen MR) is 95.2 cm³/mol. The van der Waals surface area contributed by atoms with E-state index in [0.29, 0.717) is 17.5 Å². The monoisotopic (exact) mass is 355 g/mol. The third-order valence-electron chi connectivity index (χ3n) is 3.42. The summed E-state index contributed by atoms with van der Waals surface area (Å²) in [6.07, 6.45) is 3.38. The molecule has 3 rings (SSSR count). The van der Waals surface area contributed by atoms with Crippen molar-refractivity contribution in [3.05, 3.63) is 54.4 Å². The van der Waals surface area contributed by atoms with Crippen LogP contribution in [-0.4, -0.2) is 38.9 Å². The molecule has 0 saturated carbocycles. The third kappa shape index (κ3) is 4.57. The minimum Gasteiger partial charge on any atom is -0.496 e. The number of aromatic nitrogens is 4. The van der Waals surface area contributed by atoms with Gasteiger partial charge in [0.25, 0.3) is 0 Å². The molecule has 25 heavy (non-hydrogen) atoms. The van der Waals surface area contributed by atoms with Gasteiger partial charge in [0.1, 0.15) is 5.75 Å². The number of H-pyrrole nitrogens is 1. The summed E-state index contributed by atoms with van der Waals surface area (Å²) in [5, 5.41) is 10.4. The number of aromatic amines is 1. The second kappa shape index (κ2) is 8.29. The molecule has 0 fully saturated rings. The normalized spacial score (nSPS) is 10.4. The van der Waals surface area contributed by atoms with Gasteiger partial charge in [-0.3, -0.25) is 14.9 Å². The van der Waals surface area contributed by atoms with Crippen LogP contribution in [0.1, 0.15) is 5.56 Å². The number of para-hydroxylation sites is 1. The largest absolute Gasteiger partial charge is 0.496 e. The van der Waals surface area contributed by atoms with Crippen LogP contribution in [0.3, 0.4) is 0 Å². The maximum Gasteiger partial charge on any atom is 0.230 e. The van der Waals surface area contributed by atoms with Gasteiger partial charge < -0.3 is 10.1 Å². The lowest BCUT2D eigenvalue weighted by Gasteiger charge is -2.08. The van der Waals surface area contributed by atoms with Crippen molar-refractivity contribution in [2.75, 3.05) is 12.9 Å². The first-order valence-electron chi connectivity index (χ1n) is 7.60. The summed E-state index contributed by atoms with van der Waals surface area (Å²) >= 11 is 1.28. The first-order chi connectivity index (χ1) is 12.3. The van der Waals surface area contributed by atoms with Gasteiger partial charge in [-0.15, -0.1) is 5.10 Å². The van der Waals surface area contributed by atoms with Crippen LogP contribution >= 0.6 is 11.8 Å². The number of amides is 1. The van der Waals surface area contributed by atoms with Gasteiger partial charge in [-0.1, -0.05) is 30.0 Å². The Balaban J connectivity index is 1.50. The lowest BCUT2D eigenvalue weighted by Crippen LogP contribution is -2.24. The van der Waals surface area contributed by atoms with Crippen molar-refractivity contribution in [3.8, 4) is 17.1 Å². The van der Waals surface area contributed by atoms with Crippen LogP contribution in [0.5, 0.6) is 5.75 Å². The summed E-state index contributed by atoms with van der Waals surface area (Å²) in [4.78, 5) is 20.4. The Labute approximate surface area is 149 Å². The molecule has 0 atom stereocenters. The van der Waals surface area contributed by atoms with Crippen molar-refractivity contribution < 1.29 is 9.53 Å². The molecule has 2 aromatic heterocycles. The molecule has 0 radical (unpaired) electrons. The van der Waals surface area contributed by atoms with Gasteiger partial charge in [0, 0.05) is 30.1 Å². The van der Waals surface area contributed by atoms with E-state index in [-0.39, 0.29) is 11.7 Å². The zero-order valence-corrected chi connectivity index (χ0v) is 14.4. The summed E-state index contributed by atoms with van der Waals surface area (Å²) in [6, 6.07) is 11.3. The third-order valence-corrected chi connectivity index (χ3v) is 4.27. The van der Waals surface area contributed by atoms with Gasteiger partial charge >= 0.3 is 0 Å². The van der Waals surface area contributed by atoms with Gasteiger partial charge in [-0.2, -0.15) is 0 Å². The fourth-order valence-corrected chi connectivity index (χ4v) is 2.80. The number of carbonyl (C=O) groups is 1.